The van der Waals surface area contributed by atoms with Gasteiger partial charge in [-0.1, -0.05) is 12.1 Å². The summed E-state index contributed by atoms with van der Waals surface area (Å²) in [6.07, 6.45) is 3.75. The van der Waals surface area contributed by atoms with E-state index in [9.17, 15) is 13.2 Å². The molecule has 1 aliphatic heterocycles. The molecular formula is C22H22N6O3S. The number of aromatic nitrogens is 4. The van der Waals surface area contributed by atoms with Crippen molar-refractivity contribution in [2.45, 2.75) is 30.2 Å². The fourth-order valence-electron chi connectivity index (χ4n) is 3.86. The second-order valence-electron chi connectivity index (χ2n) is 7.90. The largest absolute Gasteiger partial charge is 0.354 e. The van der Waals surface area contributed by atoms with Crippen LogP contribution in [0.2, 0.25) is 0 Å². The Morgan fingerprint density at radius 2 is 1.84 bits per heavy atom. The number of anilines is 1. The number of para-hydroxylation sites is 1. The van der Waals surface area contributed by atoms with E-state index >= 15 is 0 Å². The van der Waals surface area contributed by atoms with Gasteiger partial charge in [0.1, 0.15) is 6.04 Å². The average molecular weight is 451 g/mol. The van der Waals surface area contributed by atoms with Crippen LogP contribution in [0.3, 0.4) is 0 Å². The van der Waals surface area contributed by atoms with E-state index in [-0.39, 0.29) is 10.8 Å². The van der Waals surface area contributed by atoms with Crippen LogP contribution >= 0.6 is 0 Å². The maximum Gasteiger partial charge on any atom is 0.242 e. The molecule has 2 N–H and O–H groups in total. The fourth-order valence-corrected chi connectivity index (χ4v) is 4.49. The summed E-state index contributed by atoms with van der Waals surface area (Å²) in [5, 5.41) is 11.6. The predicted octanol–water partition coefficient (Wildman–Crippen LogP) is 2.43. The molecule has 0 saturated carbocycles. The Morgan fingerprint density at radius 1 is 1.06 bits per heavy atom. The van der Waals surface area contributed by atoms with E-state index in [2.05, 4.69) is 15.7 Å². The topological polar surface area (TPSA) is 118 Å². The van der Waals surface area contributed by atoms with Crippen molar-refractivity contribution in [1.29, 1.82) is 0 Å². The van der Waals surface area contributed by atoms with Gasteiger partial charge in [0.15, 0.2) is 21.3 Å². The summed E-state index contributed by atoms with van der Waals surface area (Å²) < 4.78 is 25.1. The first kappa shape index (κ1) is 20.4. The molecule has 1 fully saturated rings. The van der Waals surface area contributed by atoms with Gasteiger partial charge in [-0.15, -0.1) is 5.10 Å². The zero-order chi connectivity index (χ0) is 22.3. The van der Waals surface area contributed by atoms with E-state index in [0.717, 1.165) is 23.7 Å². The molecule has 0 aliphatic carbocycles. The molecule has 10 heteroatoms. The van der Waals surface area contributed by atoms with Gasteiger partial charge >= 0.3 is 0 Å². The molecular weight excluding hydrogens is 428 g/mol. The molecule has 9 nitrogen and oxygen atoms in total. The zero-order valence-corrected chi connectivity index (χ0v) is 18.3. The normalized spacial score (nSPS) is 17.3. The Hall–Kier alpha value is -3.53. The lowest BCUT2D eigenvalue weighted by molar-refractivity contribution is -0.121. The van der Waals surface area contributed by atoms with Crippen molar-refractivity contribution < 1.29 is 13.2 Å². The number of carbonyl (C=O) groups excluding carboxylic acids is 1. The van der Waals surface area contributed by atoms with Crippen LogP contribution in [0.5, 0.6) is 0 Å². The van der Waals surface area contributed by atoms with Crippen LogP contribution in [0.1, 0.15) is 19.3 Å². The van der Waals surface area contributed by atoms with Crippen LogP contribution in [0.4, 0.5) is 5.95 Å². The van der Waals surface area contributed by atoms with Crippen molar-refractivity contribution in [3.05, 3.63) is 48.5 Å². The quantitative estimate of drug-likeness (QED) is 0.490. The molecule has 0 radical (unpaired) electrons. The van der Waals surface area contributed by atoms with Gasteiger partial charge in [-0.2, -0.15) is 4.52 Å². The third-order valence-electron chi connectivity index (χ3n) is 5.56. The Balaban J connectivity index is 1.62. The summed E-state index contributed by atoms with van der Waals surface area (Å²) in [5.41, 5.74) is 2.03. The number of rotatable bonds is 4. The second-order valence-corrected chi connectivity index (χ2v) is 9.92. The van der Waals surface area contributed by atoms with E-state index in [1.54, 1.807) is 28.8 Å². The SMILES string of the molecule is CS(=O)(=O)c1ccc(-c2nc3c4ccccc4nc(N[C@H]4CCCCNC4=O)n3n2)cc1. The maximum atomic E-state index is 12.5. The Bertz CT molecular complexity index is 1430. The Kier molecular flexibility index (Phi) is 5.01. The fraction of sp³-hybridized carbons (Fsp3) is 0.273. The Morgan fingerprint density at radius 3 is 2.62 bits per heavy atom. The molecule has 1 aliphatic rings. The van der Waals surface area contributed by atoms with Crippen LogP contribution in [0.25, 0.3) is 27.9 Å². The van der Waals surface area contributed by atoms with E-state index in [4.69, 9.17) is 9.97 Å². The van der Waals surface area contributed by atoms with Crippen LogP contribution < -0.4 is 10.6 Å². The van der Waals surface area contributed by atoms with Gasteiger partial charge in [0.05, 0.1) is 10.4 Å². The molecule has 4 aromatic rings. The Labute approximate surface area is 184 Å². The standard InChI is InChI=1S/C22H22N6O3S/c1-32(30,31)15-11-9-14(10-12-15)19-26-20-16-6-2-3-7-17(16)24-22(28(20)27-19)25-18-8-4-5-13-23-21(18)29/h2-3,6-7,9-12,18H,4-5,8,13H2,1H3,(H,23,29)(H,24,25)/t18-/m0/s1. The molecule has 2 aromatic carbocycles. The molecule has 0 bridgehead atoms. The lowest BCUT2D eigenvalue weighted by Gasteiger charge is -2.16. The van der Waals surface area contributed by atoms with Crippen LogP contribution in [-0.2, 0) is 14.6 Å². The minimum Gasteiger partial charge on any atom is -0.354 e. The van der Waals surface area contributed by atoms with Gasteiger partial charge < -0.3 is 10.6 Å². The summed E-state index contributed by atoms with van der Waals surface area (Å²) in [4.78, 5) is 22.1. The molecule has 3 heterocycles. The highest BCUT2D eigenvalue weighted by Gasteiger charge is 2.23. The van der Waals surface area contributed by atoms with Crippen molar-refractivity contribution in [2.75, 3.05) is 18.1 Å². The summed E-state index contributed by atoms with van der Waals surface area (Å²) in [5.74, 6) is 0.825. The minimum atomic E-state index is -3.29. The highest BCUT2D eigenvalue weighted by Crippen LogP contribution is 2.25. The van der Waals surface area contributed by atoms with Gasteiger partial charge in [-0.3, -0.25) is 4.79 Å². The third kappa shape index (κ3) is 3.77. The molecule has 164 valence electrons. The molecule has 5 rings (SSSR count). The molecule has 0 spiro atoms. The number of fused-ring (bicyclic) bond motifs is 3. The zero-order valence-electron chi connectivity index (χ0n) is 17.4. The molecule has 1 atom stereocenters. The van der Waals surface area contributed by atoms with Crippen molar-refractivity contribution in [3.8, 4) is 11.4 Å². The van der Waals surface area contributed by atoms with E-state index in [0.29, 0.717) is 35.9 Å². The maximum absolute atomic E-state index is 12.5. The monoisotopic (exact) mass is 450 g/mol. The number of benzene rings is 2. The van der Waals surface area contributed by atoms with Crippen LogP contribution in [-0.4, -0.2) is 52.7 Å². The van der Waals surface area contributed by atoms with Crippen molar-refractivity contribution in [2.24, 2.45) is 0 Å². The van der Waals surface area contributed by atoms with Crippen LogP contribution in [0.15, 0.2) is 53.4 Å². The van der Waals surface area contributed by atoms with Gasteiger partial charge in [-0.05, 0) is 55.7 Å². The molecule has 0 unspecified atom stereocenters. The summed E-state index contributed by atoms with van der Waals surface area (Å²) >= 11 is 0. The molecule has 2 aromatic heterocycles. The summed E-state index contributed by atoms with van der Waals surface area (Å²) in [6, 6.07) is 13.7. The highest BCUT2D eigenvalue weighted by atomic mass is 32.2. The van der Waals surface area contributed by atoms with Crippen molar-refractivity contribution >= 4 is 38.2 Å². The summed E-state index contributed by atoms with van der Waals surface area (Å²) in [6.45, 7) is 0.675. The van der Waals surface area contributed by atoms with Gasteiger partial charge in [-0.25, -0.2) is 18.4 Å². The van der Waals surface area contributed by atoms with Gasteiger partial charge in [0.25, 0.3) is 0 Å². The lowest BCUT2D eigenvalue weighted by Crippen LogP contribution is -2.38. The van der Waals surface area contributed by atoms with E-state index in [1.165, 1.54) is 6.26 Å². The van der Waals surface area contributed by atoms with Crippen molar-refractivity contribution in [3.63, 3.8) is 0 Å². The van der Waals surface area contributed by atoms with Gasteiger partial charge in [0.2, 0.25) is 11.9 Å². The highest BCUT2D eigenvalue weighted by molar-refractivity contribution is 7.90. The van der Waals surface area contributed by atoms with E-state index in [1.807, 2.05) is 24.3 Å². The first-order chi connectivity index (χ1) is 15.4. The number of carbonyl (C=O) groups is 1. The molecule has 1 amide bonds. The average Bonchev–Trinajstić information content (AvgIpc) is 3.14. The first-order valence-electron chi connectivity index (χ1n) is 10.4. The van der Waals surface area contributed by atoms with E-state index < -0.39 is 15.9 Å². The number of amides is 1. The molecule has 1 saturated heterocycles. The number of nitrogens with zero attached hydrogens (tertiary/aromatic N) is 4. The number of sulfone groups is 1. The second kappa shape index (κ2) is 7.86. The number of hydrogen-bond donors (Lipinski definition) is 2. The lowest BCUT2D eigenvalue weighted by atomic mass is 10.1. The molecule has 32 heavy (non-hydrogen) atoms. The number of nitrogens with one attached hydrogen (secondary N) is 2. The predicted molar refractivity (Wildman–Crippen MR) is 121 cm³/mol. The van der Waals surface area contributed by atoms with Gasteiger partial charge in [0, 0.05) is 23.8 Å². The number of hydrogen-bond acceptors (Lipinski definition) is 7. The summed E-state index contributed by atoms with van der Waals surface area (Å²) in [7, 11) is -3.29. The van der Waals surface area contributed by atoms with Crippen LogP contribution in [0, 0.1) is 0 Å². The minimum absolute atomic E-state index is 0.0534. The third-order valence-corrected chi connectivity index (χ3v) is 6.69. The van der Waals surface area contributed by atoms with Crippen molar-refractivity contribution in [1.82, 2.24) is 24.9 Å². The smallest absolute Gasteiger partial charge is 0.242 e. The first-order valence-corrected chi connectivity index (χ1v) is 12.3.